The lowest BCUT2D eigenvalue weighted by Gasteiger charge is -2.15. The third kappa shape index (κ3) is 6.16. The average Bonchev–Trinajstić information content (AvgIpc) is 2.83. The highest BCUT2D eigenvalue weighted by atomic mass is 16.5. The SMILES string of the molecule is COc1ccccc1Nc1cc(NN=C2CCCCC2)nc(NN=C2CCCCC2)n1. The van der Waals surface area contributed by atoms with Crippen LogP contribution in [0.15, 0.2) is 40.5 Å². The Morgan fingerprint density at radius 2 is 1.39 bits per heavy atom. The summed E-state index contributed by atoms with van der Waals surface area (Å²) in [6.45, 7) is 0. The number of ether oxygens (including phenoxy) is 1. The van der Waals surface area contributed by atoms with Crippen molar-refractivity contribution in [3.05, 3.63) is 30.3 Å². The molecule has 164 valence electrons. The lowest BCUT2D eigenvalue weighted by Crippen LogP contribution is -2.10. The number of aromatic nitrogens is 2. The van der Waals surface area contributed by atoms with Gasteiger partial charge in [-0.05, 0) is 63.5 Å². The summed E-state index contributed by atoms with van der Waals surface area (Å²) in [4.78, 5) is 9.17. The molecule has 0 atom stereocenters. The monoisotopic (exact) mass is 421 g/mol. The topological polar surface area (TPSA) is 95.8 Å². The molecule has 1 aromatic carbocycles. The highest BCUT2D eigenvalue weighted by molar-refractivity contribution is 5.86. The third-order valence-corrected chi connectivity index (χ3v) is 5.60. The molecule has 1 heterocycles. The van der Waals surface area contributed by atoms with Gasteiger partial charge >= 0.3 is 0 Å². The Morgan fingerprint density at radius 3 is 2.06 bits per heavy atom. The fourth-order valence-electron chi connectivity index (χ4n) is 3.91. The number of hydrazone groups is 2. The van der Waals surface area contributed by atoms with Gasteiger partial charge in [-0.1, -0.05) is 25.0 Å². The predicted octanol–water partition coefficient (Wildman–Crippen LogP) is 5.69. The zero-order valence-electron chi connectivity index (χ0n) is 18.2. The maximum atomic E-state index is 5.45. The molecule has 8 nitrogen and oxygen atoms in total. The number of nitrogens with zero attached hydrogens (tertiary/aromatic N) is 4. The molecule has 0 amide bonds. The Balaban J connectivity index is 1.56. The molecule has 3 N–H and O–H groups in total. The van der Waals surface area contributed by atoms with Crippen LogP contribution < -0.4 is 20.9 Å². The maximum Gasteiger partial charge on any atom is 0.247 e. The Labute approximate surface area is 183 Å². The van der Waals surface area contributed by atoms with E-state index < -0.39 is 0 Å². The van der Waals surface area contributed by atoms with Gasteiger partial charge in [0.05, 0.1) is 12.8 Å². The lowest BCUT2D eigenvalue weighted by molar-refractivity contribution is 0.417. The van der Waals surface area contributed by atoms with Crippen molar-refractivity contribution in [2.45, 2.75) is 64.2 Å². The van der Waals surface area contributed by atoms with Gasteiger partial charge in [0.2, 0.25) is 5.95 Å². The summed E-state index contributed by atoms with van der Waals surface area (Å²) in [7, 11) is 1.65. The maximum absolute atomic E-state index is 5.45. The van der Waals surface area contributed by atoms with Gasteiger partial charge < -0.3 is 10.1 Å². The molecule has 0 bridgehead atoms. The van der Waals surface area contributed by atoms with Gasteiger partial charge in [-0.3, -0.25) is 5.43 Å². The summed E-state index contributed by atoms with van der Waals surface area (Å²) in [5.41, 5.74) is 9.38. The average molecular weight is 422 g/mol. The molecule has 0 radical (unpaired) electrons. The fraction of sp³-hybridized carbons (Fsp3) is 0.478. The zero-order chi connectivity index (χ0) is 21.3. The van der Waals surface area contributed by atoms with Crippen LogP contribution in [0.1, 0.15) is 64.2 Å². The van der Waals surface area contributed by atoms with Crippen molar-refractivity contribution in [2.24, 2.45) is 10.2 Å². The summed E-state index contributed by atoms with van der Waals surface area (Å²) < 4.78 is 5.45. The number of rotatable bonds is 7. The minimum Gasteiger partial charge on any atom is -0.495 e. The molecular formula is C23H31N7O. The number of methoxy groups -OCH3 is 1. The van der Waals surface area contributed by atoms with Gasteiger partial charge in [-0.25, -0.2) is 5.43 Å². The standard InChI is InChI=1S/C23H31N7O/c1-31-20-15-9-8-14-19(20)24-21-16-22(29-27-17-10-4-2-5-11-17)26-23(25-21)30-28-18-12-6-3-7-13-18/h8-9,14-16H,2-7,10-13H2,1H3,(H3,24,25,26,29,30). The highest BCUT2D eigenvalue weighted by Crippen LogP contribution is 2.27. The number of hydrogen-bond acceptors (Lipinski definition) is 8. The van der Waals surface area contributed by atoms with E-state index in [9.17, 15) is 0 Å². The van der Waals surface area contributed by atoms with Crippen molar-refractivity contribution in [1.82, 2.24) is 9.97 Å². The van der Waals surface area contributed by atoms with Gasteiger partial charge in [0.25, 0.3) is 0 Å². The molecular weight excluding hydrogens is 390 g/mol. The smallest absolute Gasteiger partial charge is 0.247 e. The molecule has 0 aliphatic heterocycles. The summed E-state index contributed by atoms with van der Waals surface area (Å²) >= 11 is 0. The van der Waals surface area contributed by atoms with E-state index in [1.165, 1.54) is 49.9 Å². The van der Waals surface area contributed by atoms with E-state index in [-0.39, 0.29) is 0 Å². The molecule has 8 heteroatoms. The highest BCUT2D eigenvalue weighted by Gasteiger charge is 2.11. The summed E-state index contributed by atoms with van der Waals surface area (Å²) in [5.74, 6) is 2.44. The van der Waals surface area contributed by atoms with E-state index in [1.807, 2.05) is 30.3 Å². The van der Waals surface area contributed by atoms with Crippen molar-refractivity contribution >= 4 is 34.7 Å². The van der Waals surface area contributed by atoms with E-state index in [0.29, 0.717) is 17.6 Å². The second-order valence-electron chi connectivity index (χ2n) is 7.99. The van der Waals surface area contributed by atoms with Gasteiger partial charge in [0.15, 0.2) is 5.82 Å². The van der Waals surface area contributed by atoms with Gasteiger partial charge in [-0.15, -0.1) is 0 Å². The van der Waals surface area contributed by atoms with Crippen LogP contribution in [0.3, 0.4) is 0 Å². The molecule has 4 rings (SSSR count). The molecule has 2 aliphatic rings. The Morgan fingerprint density at radius 1 is 0.774 bits per heavy atom. The van der Waals surface area contributed by atoms with Crippen LogP contribution in [0, 0.1) is 0 Å². The van der Waals surface area contributed by atoms with Crippen LogP contribution in [0.5, 0.6) is 5.75 Å². The van der Waals surface area contributed by atoms with Crippen LogP contribution in [0.4, 0.5) is 23.3 Å². The first kappa shape index (κ1) is 21.1. The second-order valence-corrected chi connectivity index (χ2v) is 7.99. The number of hydrogen-bond donors (Lipinski definition) is 3. The van der Waals surface area contributed by atoms with E-state index in [1.54, 1.807) is 7.11 Å². The third-order valence-electron chi connectivity index (χ3n) is 5.60. The van der Waals surface area contributed by atoms with Crippen LogP contribution >= 0.6 is 0 Å². The van der Waals surface area contributed by atoms with Crippen LogP contribution in [-0.4, -0.2) is 28.5 Å². The van der Waals surface area contributed by atoms with Crippen LogP contribution in [-0.2, 0) is 0 Å². The molecule has 0 unspecified atom stereocenters. The molecule has 0 saturated heterocycles. The first-order chi connectivity index (χ1) is 15.3. The van der Waals surface area contributed by atoms with E-state index in [2.05, 4.69) is 36.3 Å². The Bertz CT molecular complexity index is 877. The second kappa shape index (κ2) is 10.7. The van der Waals surface area contributed by atoms with Gasteiger partial charge in [0.1, 0.15) is 11.6 Å². The van der Waals surface area contributed by atoms with Crippen molar-refractivity contribution < 1.29 is 4.74 Å². The van der Waals surface area contributed by atoms with Gasteiger partial charge in [-0.2, -0.15) is 20.2 Å². The lowest BCUT2D eigenvalue weighted by atomic mass is 9.99. The number of para-hydroxylation sites is 2. The summed E-state index contributed by atoms with van der Waals surface area (Å²) in [6.07, 6.45) is 11.5. The number of benzene rings is 1. The molecule has 31 heavy (non-hydrogen) atoms. The largest absolute Gasteiger partial charge is 0.495 e. The summed E-state index contributed by atoms with van der Waals surface area (Å²) in [5, 5.41) is 12.5. The van der Waals surface area contributed by atoms with Gasteiger partial charge in [0, 0.05) is 17.5 Å². The van der Waals surface area contributed by atoms with Crippen LogP contribution in [0.25, 0.3) is 0 Å². The van der Waals surface area contributed by atoms with Crippen molar-refractivity contribution in [3.8, 4) is 5.75 Å². The van der Waals surface area contributed by atoms with Crippen molar-refractivity contribution in [1.29, 1.82) is 0 Å². The first-order valence-corrected chi connectivity index (χ1v) is 11.2. The van der Waals surface area contributed by atoms with E-state index >= 15 is 0 Å². The summed E-state index contributed by atoms with van der Waals surface area (Å²) in [6, 6.07) is 9.59. The first-order valence-electron chi connectivity index (χ1n) is 11.2. The Kier molecular flexibility index (Phi) is 7.31. The normalized spacial score (nSPS) is 16.4. The molecule has 1 aromatic heterocycles. The minimum atomic E-state index is 0.435. The van der Waals surface area contributed by atoms with Crippen molar-refractivity contribution in [3.63, 3.8) is 0 Å². The quantitative estimate of drug-likeness (QED) is 0.497. The molecule has 2 fully saturated rings. The Hall–Kier alpha value is -3.16. The molecule has 2 saturated carbocycles. The van der Waals surface area contributed by atoms with E-state index in [4.69, 9.17) is 4.74 Å². The minimum absolute atomic E-state index is 0.435. The number of nitrogens with one attached hydrogen (secondary N) is 3. The molecule has 2 aliphatic carbocycles. The van der Waals surface area contributed by atoms with E-state index in [0.717, 1.165) is 37.1 Å². The fourth-order valence-corrected chi connectivity index (χ4v) is 3.91. The van der Waals surface area contributed by atoms with Crippen LogP contribution in [0.2, 0.25) is 0 Å². The number of anilines is 4. The molecule has 2 aromatic rings. The zero-order valence-corrected chi connectivity index (χ0v) is 18.2. The van der Waals surface area contributed by atoms with Crippen molar-refractivity contribution in [2.75, 3.05) is 23.3 Å². The predicted molar refractivity (Wildman–Crippen MR) is 127 cm³/mol. The molecule has 0 spiro atoms.